The van der Waals surface area contributed by atoms with Crippen LogP contribution in [0.1, 0.15) is 10.4 Å². The van der Waals surface area contributed by atoms with E-state index in [-0.39, 0.29) is 22.7 Å². The van der Waals surface area contributed by atoms with Crippen molar-refractivity contribution in [3.05, 3.63) is 72.6 Å². The zero-order valence-corrected chi connectivity index (χ0v) is 13.9. The number of anilines is 1. The number of alkyl halides is 3. The molecule has 3 rings (SSSR count). The molecule has 0 atom stereocenters. The number of nitrogens with zero attached hydrogens (tertiary/aromatic N) is 2. The Bertz CT molecular complexity index is 981. The highest BCUT2D eigenvalue weighted by Crippen LogP contribution is 2.26. The van der Waals surface area contributed by atoms with Gasteiger partial charge in [0.2, 0.25) is 0 Å². The summed E-state index contributed by atoms with van der Waals surface area (Å²) >= 11 is 0. The lowest BCUT2D eigenvalue weighted by molar-refractivity contribution is -0.274. The normalized spacial score (nSPS) is 11.0. The summed E-state index contributed by atoms with van der Waals surface area (Å²) in [5.41, 5.74) is -0.0658. The van der Waals surface area contributed by atoms with Crippen LogP contribution in [0.4, 0.5) is 23.2 Å². The molecule has 10 heteroatoms. The molecule has 1 amide bonds. The second kappa shape index (κ2) is 7.91. The lowest BCUT2D eigenvalue weighted by Gasteiger charge is -2.11. The average Bonchev–Trinajstić information content (AvgIpc) is 2.61. The summed E-state index contributed by atoms with van der Waals surface area (Å²) in [6.45, 7) is 0. The lowest BCUT2D eigenvalue weighted by Crippen LogP contribution is -2.18. The van der Waals surface area contributed by atoms with Gasteiger partial charge in [-0.3, -0.25) is 4.79 Å². The summed E-state index contributed by atoms with van der Waals surface area (Å²) in [6.07, 6.45) is -0.865. The van der Waals surface area contributed by atoms with Crippen LogP contribution in [0, 0.1) is 5.82 Å². The summed E-state index contributed by atoms with van der Waals surface area (Å²) in [7, 11) is 0. The molecule has 144 valence electrons. The standard InChI is InChI=1S/C18H11F4N3O3/c19-12-5-13(7-15(6-12)27-16-8-23-10-24-9-16)25-17(26)11-2-1-3-14(4-11)28-18(20,21)22/h1-10H,(H,25,26). The molecule has 3 aromatic rings. The second-order valence-electron chi connectivity index (χ2n) is 5.38. The molecule has 0 saturated carbocycles. The van der Waals surface area contributed by atoms with Gasteiger partial charge >= 0.3 is 6.36 Å². The van der Waals surface area contributed by atoms with Gasteiger partial charge in [-0.15, -0.1) is 13.2 Å². The van der Waals surface area contributed by atoms with Gasteiger partial charge < -0.3 is 14.8 Å². The molecule has 28 heavy (non-hydrogen) atoms. The van der Waals surface area contributed by atoms with Crippen LogP contribution in [0.5, 0.6) is 17.2 Å². The fraction of sp³-hybridized carbons (Fsp3) is 0.0556. The van der Waals surface area contributed by atoms with Crippen molar-refractivity contribution in [2.45, 2.75) is 6.36 Å². The minimum absolute atomic E-state index is 0.0407. The van der Waals surface area contributed by atoms with Gasteiger partial charge in [0.25, 0.3) is 5.91 Å². The molecule has 0 unspecified atom stereocenters. The SMILES string of the molecule is O=C(Nc1cc(F)cc(Oc2cncnc2)c1)c1cccc(OC(F)(F)F)c1. The Kier molecular flexibility index (Phi) is 5.39. The minimum Gasteiger partial charge on any atom is -0.454 e. The molecule has 0 bridgehead atoms. The van der Waals surface area contributed by atoms with Gasteiger partial charge in [-0.1, -0.05) is 6.07 Å². The van der Waals surface area contributed by atoms with Crippen LogP contribution in [-0.4, -0.2) is 22.2 Å². The number of benzene rings is 2. The van der Waals surface area contributed by atoms with E-state index in [1.165, 1.54) is 36.9 Å². The lowest BCUT2D eigenvalue weighted by atomic mass is 10.2. The van der Waals surface area contributed by atoms with Crippen molar-refractivity contribution in [3.63, 3.8) is 0 Å². The predicted molar refractivity (Wildman–Crippen MR) is 89.6 cm³/mol. The first-order chi connectivity index (χ1) is 13.3. The van der Waals surface area contributed by atoms with Crippen LogP contribution < -0.4 is 14.8 Å². The Morgan fingerprint density at radius 3 is 2.43 bits per heavy atom. The smallest absolute Gasteiger partial charge is 0.454 e. The summed E-state index contributed by atoms with van der Waals surface area (Å²) in [5, 5.41) is 2.39. The van der Waals surface area contributed by atoms with Gasteiger partial charge in [0, 0.05) is 23.4 Å². The van der Waals surface area contributed by atoms with Crippen LogP contribution in [0.15, 0.2) is 61.2 Å². The first kappa shape index (κ1) is 19.1. The van der Waals surface area contributed by atoms with E-state index in [1.807, 2.05) is 0 Å². The van der Waals surface area contributed by atoms with Crippen molar-refractivity contribution in [1.29, 1.82) is 0 Å². The number of carbonyl (C=O) groups excluding carboxylic acids is 1. The second-order valence-corrected chi connectivity index (χ2v) is 5.38. The maximum Gasteiger partial charge on any atom is 0.573 e. The van der Waals surface area contributed by atoms with Gasteiger partial charge in [-0.2, -0.15) is 0 Å². The molecule has 1 N–H and O–H groups in total. The number of halogens is 4. The van der Waals surface area contributed by atoms with E-state index < -0.39 is 23.8 Å². The van der Waals surface area contributed by atoms with Crippen molar-refractivity contribution < 1.29 is 31.8 Å². The van der Waals surface area contributed by atoms with Crippen LogP contribution in [0.2, 0.25) is 0 Å². The summed E-state index contributed by atoms with van der Waals surface area (Å²) < 4.78 is 59.9. The predicted octanol–water partition coefficient (Wildman–Crippen LogP) is 4.56. The number of carbonyl (C=O) groups is 1. The highest BCUT2D eigenvalue weighted by molar-refractivity contribution is 6.04. The molecule has 2 aromatic carbocycles. The Morgan fingerprint density at radius 1 is 0.964 bits per heavy atom. The molecule has 6 nitrogen and oxygen atoms in total. The fourth-order valence-corrected chi connectivity index (χ4v) is 2.21. The van der Waals surface area contributed by atoms with E-state index in [0.29, 0.717) is 0 Å². The summed E-state index contributed by atoms with van der Waals surface area (Å²) in [4.78, 5) is 19.8. The third kappa shape index (κ3) is 5.40. The van der Waals surface area contributed by atoms with Crippen LogP contribution in [-0.2, 0) is 0 Å². The van der Waals surface area contributed by atoms with Gasteiger partial charge in [-0.25, -0.2) is 14.4 Å². The minimum atomic E-state index is -4.88. The average molecular weight is 393 g/mol. The van der Waals surface area contributed by atoms with Gasteiger partial charge in [0.15, 0.2) is 5.75 Å². The molecule has 0 saturated heterocycles. The number of rotatable bonds is 5. The van der Waals surface area contributed by atoms with E-state index in [9.17, 15) is 22.4 Å². The quantitative estimate of drug-likeness (QED) is 0.644. The zero-order valence-electron chi connectivity index (χ0n) is 13.9. The van der Waals surface area contributed by atoms with Crippen LogP contribution in [0.25, 0.3) is 0 Å². The van der Waals surface area contributed by atoms with Gasteiger partial charge in [-0.05, 0) is 24.3 Å². The molecular weight excluding hydrogens is 382 g/mol. The molecule has 0 aliphatic carbocycles. The van der Waals surface area contributed by atoms with Crippen molar-refractivity contribution in [3.8, 4) is 17.2 Å². The zero-order chi connectivity index (χ0) is 20.1. The number of amides is 1. The van der Waals surface area contributed by atoms with Crippen molar-refractivity contribution in [1.82, 2.24) is 9.97 Å². The molecule has 1 heterocycles. The molecule has 0 aliphatic heterocycles. The van der Waals surface area contributed by atoms with E-state index in [0.717, 1.165) is 24.3 Å². The number of hydrogen-bond acceptors (Lipinski definition) is 5. The van der Waals surface area contributed by atoms with E-state index in [2.05, 4.69) is 20.0 Å². The largest absolute Gasteiger partial charge is 0.573 e. The Morgan fingerprint density at radius 2 is 1.71 bits per heavy atom. The van der Waals surface area contributed by atoms with Crippen molar-refractivity contribution >= 4 is 11.6 Å². The highest BCUT2D eigenvalue weighted by atomic mass is 19.4. The third-order valence-corrected chi connectivity index (χ3v) is 3.23. The molecule has 0 spiro atoms. The molecule has 0 fully saturated rings. The Balaban J connectivity index is 1.76. The summed E-state index contributed by atoms with van der Waals surface area (Å²) in [6, 6.07) is 7.94. The molecule has 1 aromatic heterocycles. The molecule has 0 radical (unpaired) electrons. The van der Waals surface area contributed by atoms with Crippen molar-refractivity contribution in [2.24, 2.45) is 0 Å². The maximum atomic E-state index is 13.8. The van der Waals surface area contributed by atoms with E-state index in [4.69, 9.17) is 4.74 Å². The molecule has 0 aliphatic rings. The first-order valence-electron chi connectivity index (χ1n) is 7.69. The monoisotopic (exact) mass is 393 g/mol. The first-order valence-corrected chi connectivity index (χ1v) is 7.69. The Hall–Kier alpha value is -3.69. The Labute approximate surface area is 155 Å². The topological polar surface area (TPSA) is 73.3 Å². The fourth-order valence-electron chi connectivity index (χ4n) is 2.21. The van der Waals surface area contributed by atoms with Crippen LogP contribution in [0.3, 0.4) is 0 Å². The number of aromatic nitrogens is 2. The number of nitrogens with one attached hydrogen (secondary N) is 1. The third-order valence-electron chi connectivity index (χ3n) is 3.23. The number of ether oxygens (including phenoxy) is 2. The van der Waals surface area contributed by atoms with E-state index >= 15 is 0 Å². The van der Waals surface area contributed by atoms with Gasteiger partial charge in [0.1, 0.15) is 23.6 Å². The van der Waals surface area contributed by atoms with Crippen molar-refractivity contribution in [2.75, 3.05) is 5.32 Å². The maximum absolute atomic E-state index is 13.8. The number of hydrogen-bond donors (Lipinski definition) is 1. The molecular formula is C18H11F4N3O3. The van der Waals surface area contributed by atoms with Gasteiger partial charge in [0.05, 0.1) is 12.4 Å². The summed E-state index contributed by atoms with van der Waals surface area (Å²) in [5.74, 6) is -1.68. The van der Waals surface area contributed by atoms with Crippen LogP contribution >= 0.6 is 0 Å². The van der Waals surface area contributed by atoms with E-state index in [1.54, 1.807) is 0 Å². The highest BCUT2D eigenvalue weighted by Gasteiger charge is 2.31.